The SMILES string of the molecule is O=C(C(Cl)c1ccc(Br)cc1)N1CCCC1. The highest BCUT2D eigenvalue weighted by Gasteiger charge is 2.25. The van der Waals surface area contributed by atoms with Crippen LogP contribution in [0.2, 0.25) is 0 Å². The lowest BCUT2D eigenvalue weighted by Crippen LogP contribution is -2.30. The molecule has 0 N–H and O–H groups in total. The van der Waals surface area contributed by atoms with Crippen LogP contribution in [-0.4, -0.2) is 23.9 Å². The first-order valence-electron chi connectivity index (χ1n) is 5.37. The van der Waals surface area contributed by atoms with Crippen molar-refractivity contribution in [3.8, 4) is 0 Å². The highest BCUT2D eigenvalue weighted by molar-refractivity contribution is 9.10. The molecule has 1 fully saturated rings. The van der Waals surface area contributed by atoms with Crippen LogP contribution in [0.4, 0.5) is 0 Å². The lowest BCUT2D eigenvalue weighted by atomic mass is 10.1. The van der Waals surface area contributed by atoms with Crippen LogP contribution in [0.15, 0.2) is 28.7 Å². The molecule has 4 heteroatoms. The van der Waals surface area contributed by atoms with E-state index in [2.05, 4.69) is 15.9 Å². The fourth-order valence-electron chi connectivity index (χ4n) is 1.87. The van der Waals surface area contributed by atoms with E-state index in [-0.39, 0.29) is 5.91 Å². The monoisotopic (exact) mass is 301 g/mol. The minimum Gasteiger partial charge on any atom is -0.341 e. The van der Waals surface area contributed by atoms with Gasteiger partial charge in [-0.15, -0.1) is 11.6 Å². The Kier molecular flexibility index (Phi) is 3.87. The molecule has 1 aliphatic heterocycles. The number of carbonyl (C=O) groups excluding carboxylic acids is 1. The number of halogens is 2. The molecule has 0 bridgehead atoms. The van der Waals surface area contributed by atoms with Crippen LogP contribution >= 0.6 is 27.5 Å². The molecular formula is C12H13BrClNO. The Balaban J connectivity index is 2.08. The first-order chi connectivity index (χ1) is 7.68. The van der Waals surface area contributed by atoms with E-state index < -0.39 is 5.38 Å². The summed E-state index contributed by atoms with van der Waals surface area (Å²) in [6.07, 6.45) is 2.19. The van der Waals surface area contributed by atoms with Crippen LogP contribution < -0.4 is 0 Å². The third-order valence-electron chi connectivity index (χ3n) is 2.80. The zero-order valence-corrected chi connectivity index (χ0v) is 11.2. The second-order valence-electron chi connectivity index (χ2n) is 3.95. The Morgan fingerprint density at radius 3 is 2.38 bits per heavy atom. The number of benzene rings is 1. The van der Waals surface area contributed by atoms with Gasteiger partial charge in [0.2, 0.25) is 5.91 Å². The maximum atomic E-state index is 12.0. The summed E-state index contributed by atoms with van der Waals surface area (Å²) < 4.78 is 0.994. The number of likely N-dealkylation sites (tertiary alicyclic amines) is 1. The second kappa shape index (κ2) is 5.19. The van der Waals surface area contributed by atoms with Crippen LogP contribution in [0.5, 0.6) is 0 Å². The van der Waals surface area contributed by atoms with E-state index in [1.807, 2.05) is 29.2 Å². The van der Waals surface area contributed by atoms with Gasteiger partial charge < -0.3 is 4.90 Å². The molecule has 1 amide bonds. The van der Waals surface area contributed by atoms with Gasteiger partial charge in [-0.1, -0.05) is 28.1 Å². The second-order valence-corrected chi connectivity index (χ2v) is 5.30. The largest absolute Gasteiger partial charge is 0.341 e. The molecule has 0 spiro atoms. The summed E-state index contributed by atoms with van der Waals surface area (Å²) in [5.41, 5.74) is 0.863. The van der Waals surface area contributed by atoms with Crippen LogP contribution in [0.3, 0.4) is 0 Å². The van der Waals surface area contributed by atoms with E-state index >= 15 is 0 Å². The highest BCUT2D eigenvalue weighted by atomic mass is 79.9. The van der Waals surface area contributed by atoms with E-state index in [4.69, 9.17) is 11.6 Å². The molecule has 1 saturated heterocycles. The lowest BCUT2D eigenvalue weighted by molar-refractivity contribution is -0.129. The molecule has 2 rings (SSSR count). The van der Waals surface area contributed by atoms with Crippen molar-refractivity contribution in [3.63, 3.8) is 0 Å². The van der Waals surface area contributed by atoms with Crippen molar-refractivity contribution < 1.29 is 4.79 Å². The molecule has 1 aromatic rings. The molecule has 1 atom stereocenters. The van der Waals surface area contributed by atoms with Gasteiger partial charge in [-0.05, 0) is 30.5 Å². The normalized spacial score (nSPS) is 17.5. The summed E-state index contributed by atoms with van der Waals surface area (Å²) in [6.45, 7) is 1.69. The van der Waals surface area contributed by atoms with Crippen molar-refractivity contribution in [2.24, 2.45) is 0 Å². The maximum Gasteiger partial charge on any atom is 0.245 e. The molecule has 0 saturated carbocycles. The first kappa shape index (κ1) is 11.9. The molecule has 0 aromatic heterocycles. The summed E-state index contributed by atoms with van der Waals surface area (Å²) >= 11 is 9.54. The van der Waals surface area contributed by atoms with Gasteiger partial charge in [-0.3, -0.25) is 4.79 Å². The Labute approximate surface area is 109 Å². The molecular weight excluding hydrogens is 289 g/mol. The number of nitrogens with zero attached hydrogens (tertiary/aromatic N) is 1. The smallest absolute Gasteiger partial charge is 0.245 e. The average Bonchev–Trinajstić information content (AvgIpc) is 2.81. The minimum atomic E-state index is -0.550. The predicted octanol–water partition coefficient (Wildman–Crippen LogP) is 3.35. The van der Waals surface area contributed by atoms with Crippen molar-refractivity contribution in [1.29, 1.82) is 0 Å². The highest BCUT2D eigenvalue weighted by Crippen LogP contribution is 2.26. The summed E-state index contributed by atoms with van der Waals surface area (Å²) in [5, 5.41) is -0.550. The van der Waals surface area contributed by atoms with Crippen molar-refractivity contribution in [2.75, 3.05) is 13.1 Å². The Bertz CT molecular complexity index is 373. The van der Waals surface area contributed by atoms with Gasteiger partial charge in [0.1, 0.15) is 5.38 Å². The molecule has 1 aromatic carbocycles. The van der Waals surface area contributed by atoms with Crippen molar-refractivity contribution in [3.05, 3.63) is 34.3 Å². The summed E-state index contributed by atoms with van der Waals surface area (Å²) in [6, 6.07) is 7.58. The molecule has 86 valence electrons. The van der Waals surface area contributed by atoms with Gasteiger partial charge in [0.05, 0.1) is 0 Å². The molecule has 0 radical (unpaired) electrons. The van der Waals surface area contributed by atoms with Crippen LogP contribution in [0.1, 0.15) is 23.8 Å². The number of carbonyl (C=O) groups is 1. The number of hydrogen-bond acceptors (Lipinski definition) is 1. The predicted molar refractivity (Wildman–Crippen MR) is 68.6 cm³/mol. The first-order valence-corrected chi connectivity index (χ1v) is 6.60. The summed E-state index contributed by atoms with van der Waals surface area (Å²) in [5.74, 6) is 0.0292. The Morgan fingerprint density at radius 1 is 1.25 bits per heavy atom. The van der Waals surface area contributed by atoms with Crippen molar-refractivity contribution in [2.45, 2.75) is 18.2 Å². The van der Waals surface area contributed by atoms with Crippen molar-refractivity contribution >= 4 is 33.4 Å². The van der Waals surface area contributed by atoms with E-state index in [0.29, 0.717) is 0 Å². The quantitative estimate of drug-likeness (QED) is 0.767. The van der Waals surface area contributed by atoms with E-state index in [0.717, 1.165) is 36.0 Å². The molecule has 0 aliphatic carbocycles. The van der Waals surface area contributed by atoms with Crippen molar-refractivity contribution in [1.82, 2.24) is 4.90 Å². The van der Waals surface area contributed by atoms with Crippen LogP contribution in [0, 0.1) is 0 Å². The average molecular weight is 303 g/mol. The third kappa shape index (κ3) is 2.58. The Hall–Kier alpha value is -0.540. The minimum absolute atomic E-state index is 0.0292. The van der Waals surface area contributed by atoms with Gasteiger partial charge in [-0.2, -0.15) is 0 Å². The van der Waals surface area contributed by atoms with Gasteiger partial charge >= 0.3 is 0 Å². The van der Waals surface area contributed by atoms with E-state index in [1.54, 1.807) is 0 Å². The fourth-order valence-corrected chi connectivity index (χ4v) is 2.42. The third-order valence-corrected chi connectivity index (χ3v) is 3.76. The summed E-state index contributed by atoms with van der Waals surface area (Å²) in [4.78, 5) is 13.9. The Morgan fingerprint density at radius 2 is 1.81 bits per heavy atom. The molecule has 1 heterocycles. The van der Waals surface area contributed by atoms with E-state index in [1.165, 1.54) is 0 Å². The standard InChI is InChI=1S/C12H13BrClNO/c13-10-5-3-9(4-6-10)11(14)12(16)15-7-1-2-8-15/h3-6,11H,1-2,7-8H2. The number of alkyl halides is 1. The van der Waals surface area contributed by atoms with Gasteiger partial charge in [0.25, 0.3) is 0 Å². The molecule has 16 heavy (non-hydrogen) atoms. The lowest BCUT2D eigenvalue weighted by Gasteiger charge is -2.19. The van der Waals surface area contributed by atoms with Gasteiger partial charge in [0, 0.05) is 17.6 Å². The van der Waals surface area contributed by atoms with Gasteiger partial charge in [0.15, 0.2) is 0 Å². The van der Waals surface area contributed by atoms with Crippen LogP contribution in [-0.2, 0) is 4.79 Å². The molecule has 2 nitrogen and oxygen atoms in total. The number of amides is 1. The topological polar surface area (TPSA) is 20.3 Å². The number of rotatable bonds is 2. The number of hydrogen-bond donors (Lipinski definition) is 0. The molecule has 1 unspecified atom stereocenters. The van der Waals surface area contributed by atoms with Crippen LogP contribution in [0.25, 0.3) is 0 Å². The van der Waals surface area contributed by atoms with Gasteiger partial charge in [-0.25, -0.2) is 0 Å². The zero-order valence-electron chi connectivity index (χ0n) is 8.83. The molecule has 1 aliphatic rings. The van der Waals surface area contributed by atoms with E-state index in [9.17, 15) is 4.79 Å². The maximum absolute atomic E-state index is 12.0. The summed E-state index contributed by atoms with van der Waals surface area (Å²) in [7, 11) is 0. The zero-order chi connectivity index (χ0) is 11.5. The fraction of sp³-hybridized carbons (Fsp3) is 0.417.